The highest BCUT2D eigenvalue weighted by Gasteiger charge is 2.19. The molecule has 0 fully saturated rings. The molecule has 0 aliphatic carbocycles. The standard InChI is InChI=1S/C15H21NO4/c1-5-13(15(18)19-4)16-14(17)11-6-8-12(9-7-11)20-10(2)3/h6-10,13H,5H2,1-4H3,(H,16,17). The molecule has 110 valence electrons. The molecule has 0 aromatic heterocycles. The summed E-state index contributed by atoms with van der Waals surface area (Å²) in [7, 11) is 1.30. The predicted octanol–water partition coefficient (Wildman–Crippen LogP) is 2.16. The van der Waals surface area contributed by atoms with E-state index in [2.05, 4.69) is 10.1 Å². The van der Waals surface area contributed by atoms with Crippen molar-refractivity contribution in [1.82, 2.24) is 5.32 Å². The van der Waals surface area contributed by atoms with Crippen molar-refractivity contribution in [3.05, 3.63) is 29.8 Å². The van der Waals surface area contributed by atoms with Crippen molar-refractivity contribution in [2.24, 2.45) is 0 Å². The molecule has 1 aromatic carbocycles. The summed E-state index contributed by atoms with van der Waals surface area (Å²) in [5.41, 5.74) is 0.475. The first kappa shape index (κ1) is 16.0. The molecule has 0 saturated carbocycles. The molecule has 0 radical (unpaired) electrons. The molecule has 1 N–H and O–H groups in total. The fourth-order valence-corrected chi connectivity index (χ4v) is 1.67. The smallest absolute Gasteiger partial charge is 0.328 e. The number of carbonyl (C=O) groups is 2. The van der Waals surface area contributed by atoms with Crippen LogP contribution in [0.3, 0.4) is 0 Å². The zero-order valence-electron chi connectivity index (χ0n) is 12.3. The van der Waals surface area contributed by atoms with E-state index in [4.69, 9.17) is 4.74 Å². The van der Waals surface area contributed by atoms with E-state index < -0.39 is 12.0 Å². The molecule has 5 heteroatoms. The van der Waals surface area contributed by atoms with E-state index in [1.807, 2.05) is 13.8 Å². The Morgan fingerprint density at radius 1 is 1.20 bits per heavy atom. The maximum atomic E-state index is 12.0. The van der Waals surface area contributed by atoms with Crippen molar-refractivity contribution in [3.8, 4) is 5.75 Å². The van der Waals surface area contributed by atoms with Gasteiger partial charge in [0.25, 0.3) is 5.91 Å². The summed E-state index contributed by atoms with van der Waals surface area (Å²) in [6.45, 7) is 5.67. The van der Waals surface area contributed by atoms with Crippen LogP contribution < -0.4 is 10.1 Å². The Kier molecular flexibility index (Phi) is 6.03. The van der Waals surface area contributed by atoms with Gasteiger partial charge in [-0.2, -0.15) is 0 Å². The van der Waals surface area contributed by atoms with Gasteiger partial charge in [-0.05, 0) is 44.5 Å². The van der Waals surface area contributed by atoms with Gasteiger partial charge in [0.15, 0.2) is 0 Å². The number of rotatable bonds is 6. The van der Waals surface area contributed by atoms with Crippen molar-refractivity contribution < 1.29 is 19.1 Å². The van der Waals surface area contributed by atoms with E-state index in [9.17, 15) is 9.59 Å². The average Bonchev–Trinajstić information content (AvgIpc) is 2.43. The van der Waals surface area contributed by atoms with Gasteiger partial charge in [-0.1, -0.05) is 6.92 Å². The Labute approximate surface area is 119 Å². The Morgan fingerprint density at radius 3 is 2.25 bits per heavy atom. The third-order valence-electron chi connectivity index (χ3n) is 2.69. The van der Waals surface area contributed by atoms with Crippen LogP contribution in [0.15, 0.2) is 24.3 Å². The average molecular weight is 279 g/mol. The van der Waals surface area contributed by atoms with E-state index in [0.717, 1.165) is 0 Å². The number of esters is 1. The minimum absolute atomic E-state index is 0.0819. The van der Waals surface area contributed by atoms with Crippen molar-refractivity contribution in [1.29, 1.82) is 0 Å². The second-order valence-electron chi connectivity index (χ2n) is 4.65. The second kappa shape index (κ2) is 7.53. The van der Waals surface area contributed by atoms with Gasteiger partial charge in [0, 0.05) is 5.56 Å². The van der Waals surface area contributed by atoms with Crippen LogP contribution in [0.4, 0.5) is 0 Å². The van der Waals surface area contributed by atoms with Gasteiger partial charge in [0.2, 0.25) is 0 Å². The van der Waals surface area contributed by atoms with Gasteiger partial charge >= 0.3 is 5.97 Å². The highest BCUT2D eigenvalue weighted by Crippen LogP contribution is 2.14. The number of benzene rings is 1. The van der Waals surface area contributed by atoms with E-state index in [0.29, 0.717) is 17.7 Å². The van der Waals surface area contributed by atoms with Crippen LogP contribution in [0.1, 0.15) is 37.6 Å². The van der Waals surface area contributed by atoms with Gasteiger partial charge in [0.05, 0.1) is 13.2 Å². The van der Waals surface area contributed by atoms with Crippen LogP contribution in [0.2, 0.25) is 0 Å². The quantitative estimate of drug-likeness (QED) is 0.810. The van der Waals surface area contributed by atoms with Gasteiger partial charge in [-0.25, -0.2) is 4.79 Å². The molecular weight excluding hydrogens is 258 g/mol. The van der Waals surface area contributed by atoms with Crippen LogP contribution in [0.5, 0.6) is 5.75 Å². The molecule has 1 aromatic rings. The van der Waals surface area contributed by atoms with E-state index >= 15 is 0 Å². The molecule has 0 spiro atoms. The van der Waals surface area contributed by atoms with Gasteiger partial charge in [0.1, 0.15) is 11.8 Å². The van der Waals surface area contributed by atoms with Crippen LogP contribution in [0, 0.1) is 0 Å². The molecule has 0 aliphatic rings. The molecule has 0 heterocycles. The first-order chi connectivity index (χ1) is 9.47. The van der Waals surface area contributed by atoms with Crippen molar-refractivity contribution in [2.75, 3.05) is 7.11 Å². The monoisotopic (exact) mass is 279 g/mol. The lowest BCUT2D eigenvalue weighted by Crippen LogP contribution is -2.40. The lowest BCUT2D eigenvalue weighted by atomic mass is 10.1. The topological polar surface area (TPSA) is 64.6 Å². The maximum Gasteiger partial charge on any atom is 0.328 e. The van der Waals surface area contributed by atoms with E-state index in [1.54, 1.807) is 31.2 Å². The maximum absolute atomic E-state index is 12.0. The largest absolute Gasteiger partial charge is 0.491 e. The van der Waals surface area contributed by atoms with Crippen molar-refractivity contribution in [2.45, 2.75) is 39.3 Å². The molecule has 20 heavy (non-hydrogen) atoms. The first-order valence-electron chi connectivity index (χ1n) is 6.63. The van der Waals surface area contributed by atoms with Crippen LogP contribution in [0.25, 0.3) is 0 Å². The SMILES string of the molecule is CCC(NC(=O)c1ccc(OC(C)C)cc1)C(=O)OC. The first-order valence-corrected chi connectivity index (χ1v) is 6.63. The molecular formula is C15H21NO4. The zero-order chi connectivity index (χ0) is 15.1. The fourth-order valence-electron chi connectivity index (χ4n) is 1.67. The molecule has 0 bridgehead atoms. The lowest BCUT2D eigenvalue weighted by molar-refractivity contribution is -0.142. The number of methoxy groups -OCH3 is 1. The molecule has 1 amide bonds. The second-order valence-corrected chi connectivity index (χ2v) is 4.65. The van der Waals surface area contributed by atoms with Crippen LogP contribution in [-0.2, 0) is 9.53 Å². The minimum Gasteiger partial charge on any atom is -0.491 e. The van der Waals surface area contributed by atoms with Crippen molar-refractivity contribution in [3.63, 3.8) is 0 Å². The van der Waals surface area contributed by atoms with Gasteiger partial charge in [-0.3, -0.25) is 4.79 Å². The third-order valence-corrected chi connectivity index (χ3v) is 2.69. The fraction of sp³-hybridized carbons (Fsp3) is 0.467. The summed E-state index contributed by atoms with van der Waals surface area (Å²) in [4.78, 5) is 23.4. The summed E-state index contributed by atoms with van der Waals surface area (Å²) in [5.74, 6) is -0.0458. The highest BCUT2D eigenvalue weighted by molar-refractivity contribution is 5.96. The summed E-state index contributed by atoms with van der Waals surface area (Å²) in [6.07, 6.45) is 0.561. The summed E-state index contributed by atoms with van der Waals surface area (Å²) in [6, 6.07) is 6.16. The van der Waals surface area contributed by atoms with Crippen LogP contribution >= 0.6 is 0 Å². The number of carbonyl (C=O) groups excluding carboxylic acids is 2. The van der Waals surface area contributed by atoms with E-state index in [-0.39, 0.29) is 12.0 Å². The summed E-state index contributed by atoms with van der Waals surface area (Å²) >= 11 is 0. The molecule has 5 nitrogen and oxygen atoms in total. The Hall–Kier alpha value is -2.04. The summed E-state index contributed by atoms with van der Waals surface area (Å²) in [5, 5.41) is 2.64. The highest BCUT2D eigenvalue weighted by atomic mass is 16.5. The normalized spacial score (nSPS) is 11.8. The number of nitrogens with one attached hydrogen (secondary N) is 1. The Balaban J connectivity index is 2.70. The Bertz CT molecular complexity index is 453. The van der Waals surface area contributed by atoms with Gasteiger partial charge < -0.3 is 14.8 Å². The van der Waals surface area contributed by atoms with Crippen LogP contribution in [-0.4, -0.2) is 31.1 Å². The number of ether oxygens (including phenoxy) is 2. The molecule has 0 aliphatic heterocycles. The number of hydrogen-bond donors (Lipinski definition) is 1. The molecule has 0 saturated heterocycles. The van der Waals surface area contributed by atoms with Crippen molar-refractivity contribution >= 4 is 11.9 Å². The molecule has 1 unspecified atom stereocenters. The van der Waals surface area contributed by atoms with E-state index in [1.165, 1.54) is 7.11 Å². The molecule has 1 atom stereocenters. The molecule has 1 rings (SSSR count). The zero-order valence-corrected chi connectivity index (χ0v) is 12.3. The number of hydrogen-bond acceptors (Lipinski definition) is 4. The predicted molar refractivity (Wildman–Crippen MR) is 75.8 cm³/mol. The third kappa shape index (κ3) is 4.57. The minimum atomic E-state index is -0.626. The summed E-state index contributed by atoms with van der Waals surface area (Å²) < 4.78 is 10.1. The lowest BCUT2D eigenvalue weighted by Gasteiger charge is -2.15. The Morgan fingerprint density at radius 2 is 1.80 bits per heavy atom. The number of amides is 1. The van der Waals surface area contributed by atoms with Gasteiger partial charge in [-0.15, -0.1) is 0 Å².